The lowest BCUT2D eigenvalue weighted by atomic mass is 9.75. The maximum Gasteiger partial charge on any atom is 0.0991 e. The first-order valence-corrected chi connectivity index (χ1v) is 8.77. The van der Waals surface area contributed by atoms with E-state index in [4.69, 9.17) is 5.26 Å². The molecule has 1 spiro atoms. The molecule has 0 saturated heterocycles. The monoisotopic (exact) mass is 281 g/mol. The molecule has 0 bridgehead atoms. The molecule has 0 N–H and O–H groups in total. The van der Waals surface area contributed by atoms with Gasteiger partial charge in [0.2, 0.25) is 0 Å². The first-order valence-electron chi connectivity index (χ1n) is 8.77. The molecule has 0 radical (unpaired) electrons. The second-order valence-corrected chi connectivity index (χ2v) is 7.27. The third-order valence-corrected chi connectivity index (χ3v) is 6.01. The fourth-order valence-corrected chi connectivity index (χ4v) is 4.45. The minimum atomic E-state index is 0.736. The van der Waals surface area contributed by atoms with Gasteiger partial charge in [-0.1, -0.05) is 38.3 Å². The lowest BCUT2D eigenvalue weighted by Gasteiger charge is -2.30. The summed E-state index contributed by atoms with van der Waals surface area (Å²) in [6, 6.07) is 10.5. The highest BCUT2D eigenvalue weighted by Crippen LogP contribution is 2.64. The Morgan fingerprint density at radius 2 is 1.86 bits per heavy atom. The highest BCUT2D eigenvalue weighted by Gasteiger charge is 2.53. The zero-order valence-corrected chi connectivity index (χ0v) is 13.3. The van der Waals surface area contributed by atoms with Gasteiger partial charge in [-0.25, -0.2) is 0 Å². The van der Waals surface area contributed by atoms with E-state index in [1.807, 2.05) is 12.1 Å². The minimum Gasteiger partial charge on any atom is -0.192 e. The number of hydrogen-bond donors (Lipinski definition) is 0. The van der Waals surface area contributed by atoms with E-state index < -0.39 is 0 Å². The first-order chi connectivity index (χ1) is 10.3. The molecule has 21 heavy (non-hydrogen) atoms. The second-order valence-electron chi connectivity index (χ2n) is 7.27. The fourth-order valence-electron chi connectivity index (χ4n) is 4.45. The molecule has 2 aliphatic carbocycles. The van der Waals surface area contributed by atoms with Crippen molar-refractivity contribution < 1.29 is 0 Å². The van der Waals surface area contributed by atoms with Gasteiger partial charge in [-0.15, -0.1) is 0 Å². The molecule has 1 unspecified atom stereocenters. The summed E-state index contributed by atoms with van der Waals surface area (Å²) in [6.45, 7) is 2.30. The molecule has 0 amide bonds. The molecule has 1 nitrogen and oxygen atoms in total. The van der Waals surface area contributed by atoms with Crippen LogP contribution in [-0.2, 0) is 0 Å². The number of nitriles is 1. The van der Waals surface area contributed by atoms with Gasteiger partial charge in [0.05, 0.1) is 11.6 Å². The summed E-state index contributed by atoms with van der Waals surface area (Å²) in [5.74, 6) is 1.78. The lowest BCUT2D eigenvalue weighted by molar-refractivity contribution is 0.275. The molecule has 3 rings (SSSR count). The van der Waals surface area contributed by atoms with E-state index in [9.17, 15) is 0 Å². The van der Waals surface area contributed by atoms with E-state index in [-0.39, 0.29) is 0 Å². The first kappa shape index (κ1) is 14.6. The third kappa shape index (κ3) is 3.15. The van der Waals surface area contributed by atoms with Gasteiger partial charge in [0.1, 0.15) is 0 Å². The highest BCUT2D eigenvalue weighted by molar-refractivity contribution is 5.33. The summed E-state index contributed by atoms with van der Waals surface area (Å²) in [6.07, 6.45) is 12.8. The predicted molar refractivity (Wildman–Crippen MR) is 87.0 cm³/mol. The number of unbranched alkanes of at least 4 members (excludes halogenated alkanes) is 2. The minimum absolute atomic E-state index is 0.736. The van der Waals surface area contributed by atoms with Crippen LogP contribution in [0.5, 0.6) is 0 Å². The molecule has 0 aromatic heterocycles. The summed E-state index contributed by atoms with van der Waals surface area (Å²) < 4.78 is 0. The van der Waals surface area contributed by atoms with Gasteiger partial charge < -0.3 is 0 Å². The van der Waals surface area contributed by atoms with Gasteiger partial charge in [0.15, 0.2) is 0 Å². The Balaban J connectivity index is 1.50. The van der Waals surface area contributed by atoms with Crippen molar-refractivity contribution in [3.63, 3.8) is 0 Å². The van der Waals surface area contributed by atoms with Gasteiger partial charge in [0.25, 0.3) is 0 Å². The van der Waals surface area contributed by atoms with Crippen molar-refractivity contribution in [3.8, 4) is 6.07 Å². The number of nitrogens with zero attached hydrogens (tertiary/aromatic N) is 1. The Hall–Kier alpha value is -1.29. The SMILES string of the molecule is CCCCCC1CC12CCC(c1ccc(C#N)cc1)CC2. The molecule has 2 saturated carbocycles. The summed E-state index contributed by atoms with van der Waals surface area (Å²) >= 11 is 0. The summed E-state index contributed by atoms with van der Waals surface area (Å²) in [7, 11) is 0. The van der Waals surface area contributed by atoms with Crippen molar-refractivity contribution in [2.75, 3.05) is 0 Å². The van der Waals surface area contributed by atoms with Crippen LogP contribution in [-0.4, -0.2) is 0 Å². The van der Waals surface area contributed by atoms with Crippen LogP contribution in [0.2, 0.25) is 0 Å². The summed E-state index contributed by atoms with van der Waals surface area (Å²) in [5, 5.41) is 8.88. The summed E-state index contributed by atoms with van der Waals surface area (Å²) in [4.78, 5) is 0. The molecular weight excluding hydrogens is 254 g/mol. The predicted octanol–water partition coefficient (Wildman–Crippen LogP) is 5.80. The van der Waals surface area contributed by atoms with Gasteiger partial charge >= 0.3 is 0 Å². The average molecular weight is 281 g/mol. The molecule has 2 fully saturated rings. The molecule has 1 atom stereocenters. The smallest absolute Gasteiger partial charge is 0.0991 e. The average Bonchev–Trinajstić information content (AvgIpc) is 3.20. The molecule has 0 heterocycles. The van der Waals surface area contributed by atoms with Crippen molar-refractivity contribution in [1.82, 2.24) is 0 Å². The molecular formula is C20H27N. The van der Waals surface area contributed by atoms with Crippen LogP contribution in [0.4, 0.5) is 0 Å². The third-order valence-electron chi connectivity index (χ3n) is 6.01. The Kier molecular flexibility index (Phi) is 4.34. The molecule has 1 aromatic carbocycles. The van der Waals surface area contributed by atoms with Crippen molar-refractivity contribution in [3.05, 3.63) is 35.4 Å². The Morgan fingerprint density at radius 1 is 1.14 bits per heavy atom. The highest BCUT2D eigenvalue weighted by atomic mass is 14.6. The van der Waals surface area contributed by atoms with E-state index in [1.54, 1.807) is 0 Å². The van der Waals surface area contributed by atoms with Gasteiger partial charge in [-0.05, 0) is 73.5 Å². The largest absolute Gasteiger partial charge is 0.192 e. The molecule has 1 heteroatoms. The number of benzene rings is 1. The van der Waals surface area contributed by atoms with E-state index in [0.717, 1.165) is 22.8 Å². The van der Waals surface area contributed by atoms with Gasteiger partial charge in [0, 0.05) is 0 Å². The van der Waals surface area contributed by atoms with Crippen LogP contribution in [0, 0.1) is 22.7 Å². The van der Waals surface area contributed by atoms with Crippen molar-refractivity contribution in [2.45, 2.75) is 70.6 Å². The Labute approximate surface area is 129 Å². The van der Waals surface area contributed by atoms with E-state index >= 15 is 0 Å². The van der Waals surface area contributed by atoms with E-state index in [0.29, 0.717) is 0 Å². The maximum absolute atomic E-state index is 8.88. The van der Waals surface area contributed by atoms with Gasteiger partial charge in [-0.2, -0.15) is 5.26 Å². The maximum atomic E-state index is 8.88. The molecule has 112 valence electrons. The van der Waals surface area contributed by atoms with Crippen LogP contribution >= 0.6 is 0 Å². The zero-order valence-electron chi connectivity index (χ0n) is 13.3. The molecule has 0 aliphatic heterocycles. The molecule has 1 aromatic rings. The Morgan fingerprint density at radius 3 is 2.48 bits per heavy atom. The van der Waals surface area contributed by atoms with E-state index in [1.165, 1.54) is 63.4 Å². The van der Waals surface area contributed by atoms with Crippen LogP contribution < -0.4 is 0 Å². The van der Waals surface area contributed by atoms with Crippen LogP contribution in [0.1, 0.15) is 81.8 Å². The molecule has 2 aliphatic rings. The van der Waals surface area contributed by atoms with E-state index in [2.05, 4.69) is 25.1 Å². The fraction of sp³-hybridized carbons (Fsp3) is 0.650. The number of hydrogen-bond acceptors (Lipinski definition) is 1. The zero-order chi connectivity index (χ0) is 14.7. The Bertz CT molecular complexity index is 500. The topological polar surface area (TPSA) is 23.8 Å². The lowest BCUT2D eigenvalue weighted by Crippen LogP contribution is -2.16. The normalized spacial score (nSPS) is 31.0. The van der Waals surface area contributed by atoms with Gasteiger partial charge in [-0.3, -0.25) is 0 Å². The van der Waals surface area contributed by atoms with Crippen molar-refractivity contribution >= 4 is 0 Å². The standard InChI is InChI=1S/C20H27N/c1-2-3-4-5-19-14-20(19)12-10-18(11-13-20)17-8-6-16(15-21)7-9-17/h6-9,18-19H,2-5,10-14H2,1H3. The van der Waals surface area contributed by atoms with Crippen molar-refractivity contribution in [2.24, 2.45) is 11.3 Å². The van der Waals surface area contributed by atoms with Crippen LogP contribution in [0.15, 0.2) is 24.3 Å². The second kappa shape index (κ2) is 6.22. The quantitative estimate of drug-likeness (QED) is 0.625. The van der Waals surface area contributed by atoms with Crippen LogP contribution in [0.25, 0.3) is 0 Å². The summed E-state index contributed by atoms with van der Waals surface area (Å²) in [5.41, 5.74) is 2.98. The van der Waals surface area contributed by atoms with Crippen molar-refractivity contribution in [1.29, 1.82) is 5.26 Å². The number of rotatable bonds is 5. The van der Waals surface area contributed by atoms with Crippen LogP contribution in [0.3, 0.4) is 0 Å².